The average Bonchev–Trinajstić information content (AvgIpc) is 3.14. The number of thiophene rings is 1. The molecular weight excluding hydrogens is 322 g/mol. The number of ether oxygens (including phenoxy) is 1. The van der Waals surface area contributed by atoms with E-state index in [9.17, 15) is 4.79 Å². The first kappa shape index (κ1) is 15.8. The smallest absolute Gasteiger partial charge is 0.264 e. The molecule has 1 aliphatic carbocycles. The van der Waals surface area contributed by atoms with E-state index in [1.807, 2.05) is 30.2 Å². The van der Waals surface area contributed by atoms with Crippen LogP contribution >= 0.6 is 11.3 Å². The number of fused-ring (bicyclic) bond motifs is 1. The molecule has 3 heterocycles. The molecule has 2 aromatic rings. The molecule has 1 unspecified atom stereocenters. The molecule has 24 heavy (non-hydrogen) atoms. The Hall–Kier alpha value is -1.66. The third-order valence-corrected chi connectivity index (χ3v) is 5.93. The van der Waals surface area contributed by atoms with E-state index in [1.54, 1.807) is 18.4 Å². The highest BCUT2D eigenvalue weighted by Crippen LogP contribution is 2.34. The highest BCUT2D eigenvalue weighted by molar-refractivity contribution is 7.13. The summed E-state index contributed by atoms with van der Waals surface area (Å²) >= 11 is 1.57. The van der Waals surface area contributed by atoms with Crippen molar-refractivity contribution < 1.29 is 9.53 Å². The fraction of sp³-hybridized carbons (Fsp3) is 0.556. The fourth-order valence-electron chi connectivity index (χ4n) is 3.45. The lowest BCUT2D eigenvalue weighted by molar-refractivity contribution is 0.0678. The second-order valence-corrected chi connectivity index (χ2v) is 8.21. The molecule has 0 bridgehead atoms. The minimum atomic E-state index is 0.124. The number of carbonyl (C=O) groups is 1. The number of rotatable bonds is 5. The zero-order valence-electron chi connectivity index (χ0n) is 14.2. The van der Waals surface area contributed by atoms with E-state index in [0.717, 1.165) is 17.3 Å². The normalized spacial score (nSPS) is 20.2. The van der Waals surface area contributed by atoms with Crippen LogP contribution in [0.15, 0.2) is 18.3 Å². The Balaban J connectivity index is 1.61. The molecular formula is C18H23N3O2S. The summed E-state index contributed by atoms with van der Waals surface area (Å²) in [4.78, 5) is 16.9. The number of aromatic nitrogens is 2. The van der Waals surface area contributed by atoms with Crippen LogP contribution in [-0.2, 0) is 17.8 Å². The van der Waals surface area contributed by atoms with Gasteiger partial charge in [0, 0.05) is 36.6 Å². The van der Waals surface area contributed by atoms with Crippen LogP contribution in [-0.4, -0.2) is 40.8 Å². The van der Waals surface area contributed by atoms with Gasteiger partial charge in [-0.05, 0) is 37.8 Å². The summed E-state index contributed by atoms with van der Waals surface area (Å²) in [6.07, 6.45) is 4.58. The third-order valence-electron chi connectivity index (χ3n) is 4.94. The lowest BCUT2D eigenvalue weighted by Crippen LogP contribution is -2.39. The van der Waals surface area contributed by atoms with E-state index in [-0.39, 0.29) is 11.8 Å². The largest absolute Gasteiger partial charge is 0.384 e. The molecule has 1 amide bonds. The van der Waals surface area contributed by atoms with Gasteiger partial charge in [0.05, 0.1) is 29.9 Å². The second-order valence-electron chi connectivity index (χ2n) is 6.92. The van der Waals surface area contributed by atoms with Crippen molar-refractivity contribution in [3.8, 4) is 0 Å². The van der Waals surface area contributed by atoms with Gasteiger partial charge in [-0.25, -0.2) is 0 Å². The molecule has 1 aliphatic heterocycles. The molecule has 0 saturated heterocycles. The summed E-state index contributed by atoms with van der Waals surface area (Å²) in [5.74, 6) is 1.09. The maximum Gasteiger partial charge on any atom is 0.264 e. The molecule has 0 aromatic carbocycles. The number of amides is 1. The van der Waals surface area contributed by atoms with E-state index in [4.69, 9.17) is 4.74 Å². The molecule has 1 atom stereocenters. The lowest BCUT2D eigenvalue weighted by atomic mass is 9.95. The van der Waals surface area contributed by atoms with Crippen LogP contribution in [0.3, 0.4) is 0 Å². The first-order chi connectivity index (χ1) is 11.7. The molecule has 128 valence electrons. The van der Waals surface area contributed by atoms with Gasteiger partial charge in [-0.3, -0.25) is 9.48 Å². The first-order valence-electron chi connectivity index (χ1n) is 8.55. The molecule has 0 spiro atoms. The SMILES string of the molecule is COCC1CN(C(=O)c2ccc(C)s2)Cc2c1cnn2CC1CC1. The van der Waals surface area contributed by atoms with Gasteiger partial charge >= 0.3 is 0 Å². The number of hydrogen-bond donors (Lipinski definition) is 0. The third kappa shape index (κ3) is 3.00. The molecule has 2 aromatic heterocycles. The molecule has 1 saturated carbocycles. The van der Waals surface area contributed by atoms with Crippen LogP contribution in [0.1, 0.15) is 44.6 Å². The molecule has 5 nitrogen and oxygen atoms in total. The van der Waals surface area contributed by atoms with E-state index < -0.39 is 0 Å². The van der Waals surface area contributed by atoms with Gasteiger partial charge in [-0.2, -0.15) is 5.10 Å². The Morgan fingerprint density at radius 2 is 2.25 bits per heavy atom. The highest BCUT2D eigenvalue weighted by Gasteiger charge is 2.33. The maximum atomic E-state index is 12.9. The van der Waals surface area contributed by atoms with Crippen LogP contribution in [0.5, 0.6) is 0 Å². The lowest BCUT2D eigenvalue weighted by Gasteiger charge is -2.32. The topological polar surface area (TPSA) is 47.4 Å². The van der Waals surface area contributed by atoms with Crippen molar-refractivity contribution >= 4 is 17.2 Å². The molecule has 6 heteroatoms. The van der Waals surface area contributed by atoms with Crippen LogP contribution in [0.4, 0.5) is 0 Å². The predicted octanol–water partition coefficient (Wildman–Crippen LogP) is 3.05. The van der Waals surface area contributed by atoms with Crippen molar-refractivity contribution in [1.82, 2.24) is 14.7 Å². The Kier molecular flexibility index (Phi) is 4.18. The Morgan fingerprint density at radius 3 is 2.92 bits per heavy atom. The second kappa shape index (κ2) is 6.33. The van der Waals surface area contributed by atoms with Crippen molar-refractivity contribution in [1.29, 1.82) is 0 Å². The van der Waals surface area contributed by atoms with Gasteiger partial charge in [0.1, 0.15) is 0 Å². The minimum Gasteiger partial charge on any atom is -0.384 e. The predicted molar refractivity (Wildman–Crippen MR) is 93.4 cm³/mol. The summed E-state index contributed by atoms with van der Waals surface area (Å²) < 4.78 is 7.53. The van der Waals surface area contributed by atoms with Crippen LogP contribution in [0.25, 0.3) is 0 Å². The van der Waals surface area contributed by atoms with Crippen LogP contribution < -0.4 is 0 Å². The summed E-state index contributed by atoms with van der Waals surface area (Å²) in [6, 6.07) is 3.95. The van der Waals surface area contributed by atoms with Crippen molar-refractivity contribution in [3.63, 3.8) is 0 Å². The summed E-state index contributed by atoms with van der Waals surface area (Å²) in [5.41, 5.74) is 2.45. The van der Waals surface area contributed by atoms with Crippen LogP contribution in [0, 0.1) is 12.8 Å². The fourth-order valence-corrected chi connectivity index (χ4v) is 4.29. The number of methoxy groups -OCH3 is 1. The number of aryl methyl sites for hydroxylation is 1. The first-order valence-corrected chi connectivity index (χ1v) is 9.36. The Bertz CT molecular complexity index is 747. The molecule has 2 aliphatic rings. The maximum absolute atomic E-state index is 12.9. The van der Waals surface area contributed by atoms with Crippen molar-refractivity contribution in [2.45, 2.75) is 38.8 Å². The summed E-state index contributed by atoms with van der Waals surface area (Å²) in [6.45, 7) is 4.99. The van der Waals surface area contributed by atoms with Gasteiger partial charge in [-0.1, -0.05) is 0 Å². The number of carbonyl (C=O) groups excluding carboxylic acids is 1. The van der Waals surface area contributed by atoms with Gasteiger partial charge in [0.15, 0.2) is 0 Å². The molecule has 0 N–H and O–H groups in total. The number of nitrogens with zero attached hydrogens (tertiary/aromatic N) is 3. The zero-order chi connectivity index (χ0) is 16.7. The quantitative estimate of drug-likeness (QED) is 0.837. The number of hydrogen-bond acceptors (Lipinski definition) is 4. The summed E-state index contributed by atoms with van der Waals surface area (Å²) in [5, 5.41) is 4.61. The molecule has 1 fully saturated rings. The minimum absolute atomic E-state index is 0.124. The van der Waals surface area contributed by atoms with Gasteiger partial charge < -0.3 is 9.64 Å². The standard InChI is InChI=1S/C18H23N3O2S/c1-12-3-6-17(24-12)18(22)20-9-14(11-23-2)15-7-19-21(16(15)10-20)8-13-4-5-13/h3,6-7,13-14H,4-5,8-11H2,1-2H3. The molecule has 4 rings (SSSR count). The van der Waals surface area contributed by atoms with Gasteiger partial charge in [0.2, 0.25) is 0 Å². The summed E-state index contributed by atoms with van der Waals surface area (Å²) in [7, 11) is 1.72. The van der Waals surface area contributed by atoms with E-state index in [0.29, 0.717) is 19.7 Å². The van der Waals surface area contributed by atoms with Crippen molar-refractivity contribution in [2.75, 3.05) is 20.3 Å². The van der Waals surface area contributed by atoms with Crippen LogP contribution in [0.2, 0.25) is 0 Å². The highest BCUT2D eigenvalue weighted by atomic mass is 32.1. The van der Waals surface area contributed by atoms with Crippen molar-refractivity contribution in [2.24, 2.45) is 5.92 Å². The van der Waals surface area contributed by atoms with Crippen molar-refractivity contribution in [3.05, 3.63) is 39.3 Å². The van der Waals surface area contributed by atoms with E-state index in [2.05, 4.69) is 9.78 Å². The Labute approximate surface area is 146 Å². The monoisotopic (exact) mass is 345 g/mol. The average molecular weight is 345 g/mol. The van der Waals surface area contributed by atoms with E-state index in [1.165, 1.54) is 29.0 Å². The van der Waals surface area contributed by atoms with Gasteiger partial charge in [-0.15, -0.1) is 11.3 Å². The Morgan fingerprint density at radius 1 is 1.42 bits per heavy atom. The van der Waals surface area contributed by atoms with Gasteiger partial charge in [0.25, 0.3) is 5.91 Å². The molecule has 0 radical (unpaired) electrons. The zero-order valence-corrected chi connectivity index (χ0v) is 15.0. The van der Waals surface area contributed by atoms with E-state index >= 15 is 0 Å².